The van der Waals surface area contributed by atoms with E-state index in [1.807, 2.05) is 0 Å². The van der Waals surface area contributed by atoms with Gasteiger partial charge in [-0.3, -0.25) is 0 Å². The third kappa shape index (κ3) is 31.6. The van der Waals surface area contributed by atoms with Crippen LogP contribution in [0.3, 0.4) is 0 Å². The molecule has 0 aliphatic rings. The second-order valence-corrected chi connectivity index (χ2v) is 0.492. The number of hydrogen-bond acceptors (Lipinski definition) is 2. The van der Waals surface area contributed by atoms with Crippen LogP contribution in [0.4, 0.5) is 0 Å². The summed E-state index contributed by atoms with van der Waals surface area (Å²) in [5, 5.41) is 8.89. The van der Waals surface area contributed by atoms with Crippen LogP contribution in [0.25, 0.3) is 0 Å². The first-order valence-electron chi connectivity index (χ1n) is 0.908. The quantitative estimate of drug-likeness (QED) is 0.401. The fourth-order valence-electron chi connectivity index (χ4n) is 0. The van der Waals surface area contributed by atoms with E-state index in [2.05, 4.69) is 0 Å². The van der Waals surface area contributed by atoms with Gasteiger partial charge in [0, 0.05) is 47.7 Å². The third-order valence-corrected chi connectivity index (χ3v) is 0. The molecular formula is C2H3CeKO2. The number of aliphatic carboxylic acids is 1. The first-order chi connectivity index (χ1) is 1.73. The zero-order valence-electron chi connectivity index (χ0n) is 3.82. The van der Waals surface area contributed by atoms with Crippen molar-refractivity contribution in [2.75, 3.05) is 0 Å². The molecule has 4 heteroatoms. The third-order valence-electron chi connectivity index (χ3n) is 0. The molecule has 0 aromatic carbocycles. The molecule has 0 radical (unpaired) electrons. The summed E-state index contributed by atoms with van der Waals surface area (Å²) in [7, 11) is 0. The van der Waals surface area contributed by atoms with Crippen LogP contribution in [0, 0.1) is 41.7 Å². The maximum Gasteiger partial charge on any atom is 1.00 e. The molecule has 0 aromatic heterocycles. The van der Waals surface area contributed by atoms with E-state index in [4.69, 9.17) is 9.90 Å². The largest absolute Gasteiger partial charge is 1.00 e. The Bertz CT molecular complexity index is 34.5. The molecule has 0 bridgehead atoms. The van der Waals surface area contributed by atoms with Crippen LogP contribution in [0.2, 0.25) is 0 Å². The van der Waals surface area contributed by atoms with Crippen molar-refractivity contribution < 1.29 is 103 Å². The summed E-state index contributed by atoms with van der Waals surface area (Å²) in [6.45, 7) is 0.972. The molecule has 0 aliphatic carbocycles. The van der Waals surface area contributed by atoms with Gasteiger partial charge in [0.05, 0.1) is 0 Å². The number of carbonyl (C=O) groups excluding carboxylic acids is 1. The first-order valence-corrected chi connectivity index (χ1v) is 0.908. The van der Waals surface area contributed by atoms with Gasteiger partial charge in [-0.15, -0.1) is 0 Å². The topological polar surface area (TPSA) is 40.1 Å². The minimum atomic E-state index is -1.08. The van der Waals surface area contributed by atoms with Crippen molar-refractivity contribution in [3.05, 3.63) is 0 Å². The smallest absolute Gasteiger partial charge is 0.550 e. The van der Waals surface area contributed by atoms with Gasteiger partial charge >= 0.3 is 51.4 Å². The fourth-order valence-corrected chi connectivity index (χ4v) is 0. The molecule has 2 nitrogen and oxygen atoms in total. The van der Waals surface area contributed by atoms with Gasteiger partial charge in [-0.2, -0.15) is 0 Å². The van der Waals surface area contributed by atoms with E-state index >= 15 is 0 Å². The van der Waals surface area contributed by atoms with E-state index in [9.17, 15) is 0 Å². The van der Waals surface area contributed by atoms with Gasteiger partial charge in [0.15, 0.2) is 0 Å². The molecule has 28 valence electrons. The summed E-state index contributed by atoms with van der Waals surface area (Å²) in [6.07, 6.45) is 0. The summed E-state index contributed by atoms with van der Waals surface area (Å²) in [5.41, 5.74) is 0. The van der Waals surface area contributed by atoms with E-state index in [0.717, 1.165) is 6.92 Å². The van der Waals surface area contributed by atoms with Gasteiger partial charge in [0.2, 0.25) is 0 Å². The summed E-state index contributed by atoms with van der Waals surface area (Å²) >= 11 is 0. The maximum atomic E-state index is 8.89. The van der Waals surface area contributed by atoms with E-state index in [-0.39, 0.29) is 93.1 Å². The summed E-state index contributed by atoms with van der Waals surface area (Å²) in [4.78, 5) is 8.89. The number of carboxylic acids is 1. The monoisotopic (exact) mass is 238 g/mol. The Morgan fingerprint density at radius 3 is 1.67 bits per heavy atom. The Hall–Kier alpha value is 2.48. The van der Waals surface area contributed by atoms with Gasteiger partial charge in [-0.05, 0) is 6.92 Å². The standard InChI is InChI=1S/C2H4O2.Ce.K/c1-2(3)4;;/h1H3,(H,3,4);;/q;;+1/p-1. The van der Waals surface area contributed by atoms with Crippen molar-refractivity contribution in [2.45, 2.75) is 6.92 Å². The minimum Gasteiger partial charge on any atom is -0.550 e. The van der Waals surface area contributed by atoms with Crippen LogP contribution < -0.4 is 56.5 Å². The molecule has 0 fully saturated rings. The van der Waals surface area contributed by atoms with E-state index in [1.54, 1.807) is 0 Å². The molecule has 0 rings (SSSR count). The predicted molar refractivity (Wildman–Crippen MR) is 10.7 cm³/mol. The molecular weight excluding hydrogens is 235 g/mol. The van der Waals surface area contributed by atoms with Gasteiger partial charge in [0.25, 0.3) is 0 Å². The molecule has 0 amide bonds. The Morgan fingerprint density at radius 1 is 1.67 bits per heavy atom. The van der Waals surface area contributed by atoms with Crippen molar-refractivity contribution in [3.8, 4) is 0 Å². The number of carboxylic acid groups (broad SMARTS) is 1. The van der Waals surface area contributed by atoms with Gasteiger partial charge in [0.1, 0.15) is 0 Å². The van der Waals surface area contributed by atoms with Crippen LogP contribution in [0.1, 0.15) is 6.92 Å². The Balaban J connectivity index is -0.0000000450. The SMILES string of the molecule is CC(=O)[O-].[Ce].[K+]. The van der Waals surface area contributed by atoms with Gasteiger partial charge in [-0.1, -0.05) is 0 Å². The fraction of sp³-hybridized carbons (Fsp3) is 0.500. The number of carbonyl (C=O) groups is 1. The van der Waals surface area contributed by atoms with Crippen LogP contribution in [0.15, 0.2) is 0 Å². The number of rotatable bonds is 0. The van der Waals surface area contributed by atoms with Crippen molar-refractivity contribution >= 4 is 5.97 Å². The van der Waals surface area contributed by atoms with Gasteiger partial charge in [-0.25, -0.2) is 0 Å². The Kier molecular flexibility index (Phi) is 27.5. The zero-order chi connectivity index (χ0) is 3.58. The van der Waals surface area contributed by atoms with E-state index < -0.39 is 5.97 Å². The maximum absolute atomic E-state index is 8.89. The Morgan fingerprint density at radius 2 is 1.67 bits per heavy atom. The van der Waals surface area contributed by atoms with Crippen LogP contribution >= 0.6 is 0 Å². The molecule has 0 N–H and O–H groups in total. The molecule has 0 heterocycles. The summed E-state index contributed by atoms with van der Waals surface area (Å²) < 4.78 is 0. The second-order valence-electron chi connectivity index (χ2n) is 0.492. The van der Waals surface area contributed by atoms with E-state index in [0.29, 0.717) is 0 Å². The predicted octanol–water partition coefficient (Wildman–Crippen LogP) is -4.24. The average Bonchev–Trinajstić information content (AvgIpc) is 0.811. The summed E-state index contributed by atoms with van der Waals surface area (Å²) in [6, 6.07) is 0. The normalized spacial score (nSPS) is 4.17. The first kappa shape index (κ1) is 15.8. The second kappa shape index (κ2) is 10.5. The molecule has 0 atom stereocenters. The molecule has 6 heavy (non-hydrogen) atoms. The zero-order valence-corrected chi connectivity index (χ0v) is 10.1. The number of hydrogen-bond donors (Lipinski definition) is 0. The molecule has 0 unspecified atom stereocenters. The minimum absolute atomic E-state index is 0. The van der Waals surface area contributed by atoms with E-state index in [1.165, 1.54) is 0 Å². The van der Waals surface area contributed by atoms with Crippen LogP contribution in [0.5, 0.6) is 0 Å². The molecule has 0 saturated carbocycles. The summed E-state index contributed by atoms with van der Waals surface area (Å²) in [5.74, 6) is -1.08. The molecule has 0 aliphatic heterocycles. The average molecular weight is 238 g/mol. The van der Waals surface area contributed by atoms with Crippen molar-refractivity contribution in [1.82, 2.24) is 0 Å². The van der Waals surface area contributed by atoms with Crippen LogP contribution in [-0.2, 0) is 4.79 Å². The van der Waals surface area contributed by atoms with Crippen molar-refractivity contribution in [3.63, 3.8) is 0 Å². The molecule has 0 aromatic rings. The van der Waals surface area contributed by atoms with Crippen molar-refractivity contribution in [1.29, 1.82) is 0 Å². The van der Waals surface area contributed by atoms with Gasteiger partial charge < -0.3 is 9.90 Å². The molecule has 0 saturated heterocycles. The van der Waals surface area contributed by atoms with Crippen LogP contribution in [-0.4, -0.2) is 5.97 Å². The Labute approximate surface area is 113 Å². The van der Waals surface area contributed by atoms with Crippen molar-refractivity contribution in [2.24, 2.45) is 0 Å². The molecule has 0 spiro atoms.